The molecule has 0 rings (SSSR count). The number of hydrogen-bond donors (Lipinski definition) is 0. The maximum Gasteiger partial charge on any atom is 0.235 e. The number of hydrogen-bond acceptors (Lipinski definition) is 6. The van der Waals surface area contributed by atoms with Gasteiger partial charge in [0.2, 0.25) is 12.2 Å². The van der Waals surface area contributed by atoms with Crippen molar-refractivity contribution < 1.29 is 19.2 Å². The quantitative estimate of drug-likeness (QED) is 0.390. The van der Waals surface area contributed by atoms with Gasteiger partial charge in [0.1, 0.15) is 0 Å². The predicted molar refractivity (Wildman–Crippen MR) is 67.1 cm³/mol. The Labute approximate surface area is 110 Å². The second-order valence-electron chi connectivity index (χ2n) is 2.93. The van der Waals surface area contributed by atoms with Crippen molar-refractivity contribution in [1.29, 1.82) is 0 Å². The second kappa shape index (κ2) is 24.7. The SMILES string of the molecule is CCC(CCCCN=C=O)N=C=O.[N-]=C=O.[N-]=C=O. The highest BCUT2D eigenvalue weighted by Crippen LogP contribution is 2.07. The van der Waals surface area contributed by atoms with E-state index in [4.69, 9.17) is 20.4 Å². The van der Waals surface area contributed by atoms with Crippen LogP contribution in [0.1, 0.15) is 32.6 Å². The first-order valence-corrected chi connectivity index (χ1v) is 5.31. The zero-order chi connectivity index (χ0) is 15.4. The minimum absolute atomic E-state index is 0.0812. The molecule has 0 aromatic heterocycles. The van der Waals surface area contributed by atoms with Gasteiger partial charge in [-0.05, 0) is 37.8 Å². The highest BCUT2D eigenvalue weighted by Gasteiger charge is 2.02. The Morgan fingerprint density at radius 1 is 1.00 bits per heavy atom. The van der Waals surface area contributed by atoms with Gasteiger partial charge < -0.3 is 10.8 Å². The molecule has 0 aliphatic carbocycles. The lowest BCUT2D eigenvalue weighted by Crippen LogP contribution is -2.01. The van der Waals surface area contributed by atoms with Crippen molar-refractivity contribution in [2.24, 2.45) is 9.98 Å². The van der Waals surface area contributed by atoms with Gasteiger partial charge in [-0.15, -0.1) is 0 Å². The van der Waals surface area contributed by atoms with Crippen LogP contribution in [0.4, 0.5) is 0 Å². The predicted octanol–water partition coefficient (Wildman–Crippen LogP) is 1.39. The van der Waals surface area contributed by atoms with E-state index >= 15 is 0 Å². The third-order valence-electron chi connectivity index (χ3n) is 1.83. The van der Waals surface area contributed by atoms with E-state index in [1.807, 2.05) is 6.92 Å². The zero-order valence-corrected chi connectivity index (χ0v) is 10.5. The molecule has 0 spiro atoms. The second-order valence-corrected chi connectivity index (χ2v) is 2.93. The van der Waals surface area contributed by atoms with Gasteiger partial charge >= 0.3 is 0 Å². The average Bonchev–Trinajstić information content (AvgIpc) is 2.39. The van der Waals surface area contributed by atoms with Crippen LogP contribution in [0.5, 0.6) is 0 Å². The maximum atomic E-state index is 9.95. The Bertz CT molecular complexity index is 347. The Kier molecular flexibility index (Phi) is 28.2. The Morgan fingerprint density at radius 2 is 1.53 bits per heavy atom. The molecule has 19 heavy (non-hydrogen) atoms. The minimum Gasteiger partial charge on any atom is -0.724 e. The summed E-state index contributed by atoms with van der Waals surface area (Å²) < 4.78 is 0. The molecule has 1 atom stereocenters. The third-order valence-corrected chi connectivity index (χ3v) is 1.83. The third kappa shape index (κ3) is 31.3. The Balaban J connectivity index is -0.000000360. The van der Waals surface area contributed by atoms with Gasteiger partial charge in [0, 0.05) is 0 Å². The number of nitrogens with zero attached hydrogens (tertiary/aromatic N) is 4. The minimum atomic E-state index is 0.0812. The zero-order valence-electron chi connectivity index (χ0n) is 10.5. The van der Waals surface area contributed by atoms with Crippen molar-refractivity contribution in [1.82, 2.24) is 0 Å². The summed E-state index contributed by atoms with van der Waals surface area (Å²) in [6.07, 6.45) is 7.53. The lowest BCUT2D eigenvalue weighted by molar-refractivity contribution is 0.530. The van der Waals surface area contributed by atoms with Crippen LogP contribution in [-0.4, -0.2) is 36.9 Å². The number of unbranched alkanes of at least 4 members (excludes halogenated alkanes) is 1. The van der Waals surface area contributed by atoms with Crippen molar-refractivity contribution in [3.05, 3.63) is 10.8 Å². The molecule has 0 fully saturated rings. The summed E-state index contributed by atoms with van der Waals surface area (Å²) in [5.74, 6) is 0. The molecule has 0 bridgehead atoms. The van der Waals surface area contributed by atoms with Crippen molar-refractivity contribution >= 4 is 24.3 Å². The molecule has 0 amide bonds. The smallest absolute Gasteiger partial charge is 0.235 e. The first-order valence-electron chi connectivity index (χ1n) is 5.31. The Hall–Kier alpha value is -2.48. The van der Waals surface area contributed by atoms with Crippen LogP contribution in [-0.2, 0) is 19.2 Å². The van der Waals surface area contributed by atoms with Gasteiger partial charge in [-0.3, -0.25) is 9.59 Å². The van der Waals surface area contributed by atoms with E-state index in [1.54, 1.807) is 6.08 Å². The summed E-state index contributed by atoms with van der Waals surface area (Å²) in [6.45, 7) is 2.50. The standard InChI is InChI=1S/C9H14N2O2.2CNO/c1-2-9(11-8-13)5-3-4-6-10-7-12;2*2-1-3/h9H,2-6H2,1H3;;/q;2*-1. The van der Waals surface area contributed by atoms with Gasteiger partial charge in [0.05, 0.1) is 12.6 Å². The first-order chi connectivity index (χ1) is 9.17. The van der Waals surface area contributed by atoms with Gasteiger partial charge in [-0.2, -0.15) is 0 Å². The normalized spacial score (nSPS) is 8.47. The molecule has 0 saturated heterocycles. The highest BCUT2D eigenvalue weighted by atomic mass is 16.1. The van der Waals surface area contributed by atoms with Gasteiger partial charge in [-0.25, -0.2) is 19.6 Å². The van der Waals surface area contributed by atoms with Crippen LogP contribution in [0, 0.1) is 0 Å². The van der Waals surface area contributed by atoms with E-state index in [9.17, 15) is 9.59 Å². The molecule has 0 aliphatic heterocycles. The molecule has 0 aromatic carbocycles. The number of rotatable bonds is 7. The topological polar surface area (TPSA) is 138 Å². The van der Waals surface area contributed by atoms with Crippen molar-refractivity contribution in [2.75, 3.05) is 6.54 Å². The fourth-order valence-electron chi connectivity index (χ4n) is 1.05. The summed E-state index contributed by atoms with van der Waals surface area (Å²) >= 11 is 0. The Morgan fingerprint density at radius 3 is 1.89 bits per heavy atom. The molecule has 104 valence electrons. The van der Waals surface area contributed by atoms with Crippen LogP contribution in [0.3, 0.4) is 0 Å². The molecule has 8 nitrogen and oxygen atoms in total. The van der Waals surface area contributed by atoms with Gasteiger partial charge in [-0.1, -0.05) is 6.92 Å². The largest absolute Gasteiger partial charge is 0.724 e. The van der Waals surface area contributed by atoms with E-state index < -0.39 is 0 Å². The van der Waals surface area contributed by atoms with Crippen LogP contribution in [0.25, 0.3) is 10.8 Å². The number of carbonyl (C=O) groups excluding carboxylic acids is 4. The molecule has 0 saturated carbocycles. The molecule has 0 heterocycles. The van der Waals surface area contributed by atoms with E-state index in [1.165, 1.54) is 6.08 Å². The molecular formula is C11H14N4O4-2. The molecule has 0 aliphatic rings. The fourth-order valence-corrected chi connectivity index (χ4v) is 1.05. The summed E-state index contributed by atoms with van der Waals surface area (Å²) in [5.41, 5.74) is 0. The lowest BCUT2D eigenvalue weighted by Gasteiger charge is -2.05. The molecule has 8 heteroatoms. The lowest BCUT2D eigenvalue weighted by atomic mass is 10.1. The van der Waals surface area contributed by atoms with Crippen molar-refractivity contribution in [2.45, 2.75) is 38.6 Å². The van der Waals surface area contributed by atoms with E-state index in [2.05, 4.69) is 9.98 Å². The van der Waals surface area contributed by atoms with Gasteiger partial charge in [0.25, 0.3) is 0 Å². The molecule has 0 radical (unpaired) electrons. The number of aliphatic imine (C=N–C) groups is 2. The van der Waals surface area contributed by atoms with Gasteiger partial charge in [0.15, 0.2) is 0 Å². The van der Waals surface area contributed by atoms with E-state index in [-0.39, 0.29) is 6.04 Å². The summed E-state index contributed by atoms with van der Waals surface area (Å²) in [4.78, 5) is 43.2. The fraction of sp³-hybridized carbons (Fsp3) is 0.636. The molecule has 1 unspecified atom stereocenters. The van der Waals surface area contributed by atoms with Crippen molar-refractivity contribution in [3.63, 3.8) is 0 Å². The van der Waals surface area contributed by atoms with Crippen molar-refractivity contribution in [3.8, 4) is 0 Å². The monoisotopic (exact) mass is 266 g/mol. The summed E-state index contributed by atoms with van der Waals surface area (Å²) in [7, 11) is 0. The highest BCUT2D eigenvalue weighted by molar-refractivity contribution is 5.37. The summed E-state index contributed by atoms with van der Waals surface area (Å²) in [5, 5.41) is 13.5. The molecule has 0 N–H and O–H groups in total. The van der Waals surface area contributed by atoms with Crippen LogP contribution in [0.15, 0.2) is 9.98 Å². The maximum absolute atomic E-state index is 9.95. The number of isocyanates is 4. The van der Waals surface area contributed by atoms with E-state index in [0.29, 0.717) is 18.7 Å². The average molecular weight is 266 g/mol. The molecule has 0 aromatic rings. The van der Waals surface area contributed by atoms with Crippen LogP contribution >= 0.6 is 0 Å². The first kappa shape index (κ1) is 21.8. The summed E-state index contributed by atoms with van der Waals surface area (Å²) in [6, 6.07) is 0.0812. The van der Waals surface area contributed by atoms with Crippen LogP contribution < -0.4 is 0 Å². The van der Waals surface area contributed by atoms with Crippen LogP contribution in [0.2, 0.25) is 0 Å². The van der Waals surface area contributed by atoms with E-state index in [0.717, 1.165) is 25.7 Å². The molecular weight excluding hydrogens is 252 g/mol.